The van der Waals surface area contributed by atoms with Gasteiger partial charge < -0.3 is 34.3 Å². The van der Waals surface area contributed by atoms with Crippen LogP contribution in [0.3, 0.4) is 0 Å². The van der Waals surface area contributed by atoms with Crippen LogP contribution < -0.4 is 18.9 Å². The van der Waals surface area contributed by atoms with Gasteiger partial charge in [-0.3, -0.25) is 0 Å². The molecule has 0 heterocycles. The van der Waals surface area contributed by atoms with E-state index < -0.39 is 0 Å². The summed E-state index contributed by atoms with van der Waals surface area (Å²) in [5, 5.41) is 32.1. The van der Waals surface area contributed by atoms with Crippen molar-refractivity contribution in [1.82, 2.24) is 0 Å². The quantitative estimate of drug-likeness (QED) is 0.241. The molecule has 4 aromatic rings. The number of rotatable bonds is 8. The van der Waals surface area contributed by atoms with E-state index in [1.165, 1.54) is 7.11 Å². The summed E-state index contributed by atoms with van der Waals surface area (Å²) in [6.07, 6.45) is 0. The molecule has 4 rings (SSSR count). The summed E-state index contributed by atoms with van der Waals surface area (Å²) >= 11 is 0. The molecule has 0 saturated carbocycles. The van der Waals surface area contributed by atoms with Gasteiger partial charge in [0.1, 0.15) is 23.9 Å². The summed E-state index contributed by atoms with van der Waals surface area (Å²) in [5.41, 5.74) is 5.56. The fraction of sp³-hybridized carbons (Fsp3) is 0.226. The summed E-state index contributed by atoms with van der Waals surface area (Å²) < 4.78 is 22.5. The van der Waals surface area contributed by atoms with Crippen molar-refractivity contribution in [3.8, 4) is 62.5 Å². The molecule has 0 saturated heterocycles. The zero-order chi connectivity index (χ0) is 27.6. The fourth-order valence-corrected chi connectivity index (χ4v) is 4.52. The number of ether oxygens (including phenoxy) is 4. The van der Waals surface area contributed by atoms with E-state index in [2.05, 4.69) is 0 Å². The van der Waals surface area contributed by atoms with Gasteiger partial charge in [0, 0.05) is 16.7 Å². The molecule has 4 aromatic carbocycles. The molecule has 0 aliphatic heterocycles. The molecular formula is C31H32O7. The summed E-state index contributed by atoms with van der Waals surface area (Å²) in [7, 11) is 4.61. The van der Waals surface area contributed by atoms with Crippen LogP contribution in [-0.2, 0) is 6.61 Å². The van der Waals surface area contributed by atoms with Gasteiger partial charge in [-0.15, -0.1) is 0 Å². The van der Waals surface area contributed by atoms with Crippen LogP contribution >= 0.6 is 0 Å². The van der Waals surface area contributed by atoms with Crippen molar-refractivity contribution in [2.75, 3.05) is 21.3 Å². The second-order valence-electron chi connectivity index (χ2n) is 9.16. The Balaban J connectivity index is 1.74. The Morgan fingerprint density at radius 2 is 1.29 bits per heavy atom. The average Bonchev–Trinajstić information content (AvgIpc) is 2.90. The number of aryl methyl sites for hydroxylation is 3. The van der Waals surface area contributed by atoms with Gasteiger partial charge in [0.25, 0.3) is 0 Å². The van der Waals surface area contributed by atoms with Crippen LogP contribution in [0.2, 0.25) is 0 Å². The van der Waals surface area contributed by atoms with Crippen LogP contribution in [0.15, 0.2) is 54.6 Å². The number of phenolic OH excluding ortho intramolecular Hbond substituents is 3. The molecule has 0 radical (unpaired) electrons. The molecule has 0 spiro atoms. The second-order valence-corrected chi connectivity index (χ2v) is 9.16. The lowest BCUT2D eigenvalue weighted by atomic mass is 9.96. The Labute approximate surface area is 222 Å². The third-order valence-corrected chi connectivity index (χ3v) is 6.49. The molecule has 198 valence electrons. The Hall–Kier alpha value is -4.52. The van der Waals surface area contributed by atoms with Crippen molar-refractivity contribution < 1.29 is 34.3 Å². The molecule has 0 aliphatic rings. The van der Waals surface area contributed by atoms with Gasteiger partial charge in [-0.1, -0.05) is 6.07 Å². The predicted octanol–water partition coefficient (Wildman–Crippen LogP) is 6.67. The van der Waals surface area contributed by atoms with Crippen molar-refractivity contribution in [3.05, 3.63) is 76.9 Å². The molecule has 0 amide bonds. The van der Waals surface area contributed by atoms with Crippen molar-refractivity contribution in [2.24, 2.45) is 0 Å². The van der Waals surface area contributed by atoms with Gasteiger partial charge in [0.2, 0.25) is 0 Å². The maximum atomic E-state index is 10.9. The highest BCUT2D eigenvalue weighted by atomic mass is 16.5. The smallest absolute Gasteiger partial charge is 0.165 e. The first-order valence-electron chi connectivity index (χ1n) is 12.1. The lowest BCUT2D eigenvalue weighted by Gasteiger charge is -2.18. The zero-order valence-corrected chi connectivity index (χ0v) is 22.4. The van der Waals surface area contributed by atoms with E-state index in [0.717, 1.165) is 16.7 Å². The van der Waals surface area contributed by atoms with Crippen LogP contribution in [-0.4, -0.2) is 36.6 Å². The molecular weight excluding hydrogens is 484 g/mol. The maximum Gasteiger partial charge on any atom is 0.165 e. The number of methoxy groups -OCH3 is 3. The van der Waals surface area contributed by atoms with Gasteiger partial charge in [0.05, 0.1) is 21.3 Å². The molecule has 0 unspecified atom stereocenters. The van der Waals surface area contributed by atoms with Crippen molar-refractivity contribution in [2.45, 2.75) is 27.4 Å². The predicted molar refractivity (Wildman–Crippen MR) is 147 cm³/mol. The van der Waals surface area contributed by atoms with E-state index in [-0.39, 0.29) is 29.6 Å². The van der Waals surface area contributed by atoms with Gasteiger partial charge >= 0.3 is 0 Å². The highest BCUT2D eigenvalue weighted by molar-refractivity contribution is 5.80. The van der Waals surface area contributed by atoms with Gasteiger partial charge in [-0.25, -0.2) is 0 Å². The average molecular weight is 517 g/mol. The Kier molecular flexibility index (Phi) is 7.57. The minimum Gasteiger partial charge on any atom is -0.507 e. The van der Waals surface area contributed by atoms with Crippen LogP contribution in [0.4, 0.5) is 0 Å². The summed E-state index contributed by atoms with van der Waals surface area (Å²) in [5.74, 6) is 2.02. The summed E-state index contributed by atoms with van der Waals surface area (Å²) in [6.45, 7) is 5.79. The highest BCUT2D eigenvalue weighted by Crippen LogP contribution is 2.44. The molecule has 0 atom stereocenters. The van der Waals surface area contributed by atoms with E-state index in [4.69, 9.17) is 18.9 Å². The Morgan fingerprint density at radius 3 is 1.97 bits per heavy atom. The molecule has 7 nitrogen and oxygen atoms in total. The third kappa shape index (κ3) is 5.13. The molecule has 0 aliphatic carbocycles. The molecule has 3 N–H and O–H groups in total. The first-order valence-corrected chi connectivity index (χ1v) is 12.1. The molecule has 38 heavy (non-hydrogen) atoms. The SMILES string of the molecule is COc1ccc(O)c(-c2cc(OCc3cc(OC)c(O)c(-c4cc(C)cc(C)c4O)c3)c(OC)cc2C)c1. The van der Waals surface area contributed by atoms with Crippen molar-refractivity contribution >= 4 is 0 Å². The van der Waals surface area contributed by atoms with Gasteiger partial charge in [0.15, 0.2) is 23.0 Å². The topological polar surface area (TPSA) is 97.6 Å². The highest BCUT2D eigenvalue weighted by Gasteiger charge is 2.19. The zero-order valence-electron chi connectivity index (χ0n) is 22.4. The lowest BCUT2D eigenvalue weighted by molar-refractivity contribution is 0.283. The van der Waals surface area contributed by atoms with E-state index in [1.54, 1.807) is 44.6 Å². The van der Waals surface area contributed by atoms with Crippen LogP contribution in [0.25, 0.3) is 22.3 Å². The fourth-order valence-electron chi connectivity index (χ4n) is 4.52. The van der Waals surface area contributed by atoms with E-state index >= 15 is 0 Å². The van der Waals surface area contributed by atoms with Crippen LogP contribution in [0.1, 0.15) is 22.3 Å². The maximum absolute atomic E-state index is 10.9. The minimum absolute atomic E-state index is 0.0692. The van der Waals surface area contributed by atoms with Gasteiger partial charge in [-0.05, 0) is 97.1 Å². The molecule has 0 fully saturated rings. The summed E-state index contributed by atoms with van der Waals surface area (Å²) in [4.78, 5) is 0. The van der Waals surface area contributed by atoms with E-state index in [1.807, 2.05) is 45.0 Å². The Bertz CT molecular complexity index is 1490. The van der Waals surface area contributed by atoms with E-state index in [9.17, 15) is 15.3 Å². The summed E-state index contributed by atoms with van der Waals surface area (Å²) in [6, 6.07) is 15.9. The van der Waals surface area contributed by atoms with Crippen LogP contribution in [0.5, 0.6) is 40.2 Å². The number of aromatic hydroxyl groups is 3. The second kappa shape index (κ2) is 10.8. The molecule has 7 heteroatoms. The standard InChI is InChI=1S/C31H32O7/c1-17-9-19(3)30(33)24(10-17)25-12-20(13-29(37-6)31(25)34)16-38-28-15-22(18(2)11-27(28)36-5)23-14-21(35-4)7-8-26(23)32/h7-15,32-34H,16H2,1-6H3. The minimum atomic E-state index is -0.0692. The number of hydrogen-bond donors (Lipinski definition) is 3. The molecule has 0 bridgehead atoms. The van der Waals surface area contributed by atoms with E-state index in [0.29, 0.717) is 45.1 Å². The van der Waals surface area contributed by atoms with Crippen molar-refractivity contribution in [1.29, 1.82) is 0 Å². The number of benzene rings is 4. The van der Waals surface area contributed by atoms with Crippen molar-refractivity contribution in [3.63, 3.8) is 0 Å². The molecule has 0 aromatic heterocycles. The van der Waals surface area contributed by atoms with Crippen LogP contribution in [0, 0.1) is 20.8 Å². The first kappa shape index (κ1) is 26.5. The first-order chi connectivity index (χ1) is 18.2. The largest absolute Gasteiger partial charge is 0.507 e. The lowest BCUT2D eigenvalue weighted by Crippen LogP contribution is -2.01. The Morgan fingerprint density at radius 1 is 0.579 bits per heavy atom. The van der Waals surface area contributed by atoms with Gasteiger partial charge in [-0.2, -0.15) is 0 Å². The monoisotopic (exact) mass is 516 g/mol. The third-order valence-electron chi connectivity index (χ3n) is 6.49. The normalized spacial score (nSPS) is 10.8. The number of phenols is 3. The number of hydrogen-bond acceptors (Lipinski definition) is 7.